The van der Waals surface area contributed by atoms with Crippen LogP contribution in [-0.4, -0.2) is 33.4 Å². The number of aryl methyl sites for hydroxylation is 1. The molecule has 0 bridgehead atoms. The first-order valence-corrected chi connectivity index (χ1v) is 9.73. The molecule has 4 heteroatoms. The van der Waals surface area contributed by atoms with Crippen LogP contribution in [0.3, 0.4) is 0 Å². The van der Waals surface area contributed by atoms with E-state index in [0.717, 1.165) is 55.9 Å². The maximum absolute atomic E-state index is 13.0. The van der Waals surface area contributed by atoms with Gasteiger partial charge in [-0.1, -0.05) is 36.8 Å². The topological polar surface area (TPSA) is 38.1 Å². The van der Waals surface area contributed by atoms with E-state index in [9.17, 15) is 4.79 Å². The van der Waals surface area contributed by atoms with Crippen molar-refractivity contribution in [2.75, 3.05) is 13.1 Å². The van der Waals surface area contributed by atoms with Crippen molar-refractivity contribution in [3.8, 4) is 0 Å². The molecular formula is C22H27N3O. The third kappa shape index (κ3) is 3.33. The molecule has 3 heterocycles. The van der Waals surface area contributed by atoms with E-state index in [1.54, 1.807) is 0 Å². The normalized spacial score (nSPS) is 19.8. The molecule has 0 spiro atoms. The first-order valence-electron chi connectivity index (χ1n) is 9.73. The third-order valence-corrected chi connectivity index (χ3v) is 5.60. The highest BCUT2D eigenvalue weighted by molar-refractivity contribution is 5.97. The number of piperidine rings is 1. The Hall–Kier alpha value is -2.36. The lowest BCUT2D eigenvalue weighted by molar-refractivity contribution is -0.128. The number of fused-ring (bicyclic) bond motifs is 1. The van der Waals surface area contributed by atoms with Gasteiger partial charge in [-0.3, -0.25) is 4.79 Å². The van der Waals surface area contributed by atoms with Crippen LogP contribution in [-0.2, 0) is 17.6 Å². The quantitative estimate of drug-likeness (QED) is 0.845. The van der Waals surface area contributed by atoms with Gasteiger partial charge < -0.3 is 9.47 Å². The zero-order valence-electron chi connectivity index (χ0n) is 15.7. The van der Waals surface area contributed by atoms with Crippen molar-refractivity contribution in [1.82, 2.24) is 14.5 Å². The fraction of sp³-hybridized carbons (Fsp3) is 0.455. The molecule has 2 aliphatic rings. The lowest BCUT2D eigenvalue weighted by Crippen LogP contribution is -2.38. The lowest BCUT2D eigenvalue weighted by atomic mass is 9.93. The summed E-state index contributed by atoms with van der Waals surface area (Å²) in [5.74, 6) is 1.51. The molecule has 0 aliphatic carbocycles. The van der Waals surface area contributed by atoms with Crippen molar-refractivity contribution < 1.29 is 4.79 Å². The minimum atomic E-state index is 0.220. The maximum Gasteiger partial charge on any atom is 0.251 e. The molecule has 1 saturated heterocycles. The van der Waals surface area contributed by atoms with Crippen molar-refractivity contribution in [2.24, 2.45) is 5.92 Å². The minimum Gasteiger partial charge on any atom is -0.339 e. The van der Waals surface area contributed by atoms with Gasteiger partial charge >= 0.3 is 0 Å². The van der Waals surface area contributed by atoms with Gasteiger partial charge in [0.05, 0.1) is 0 Å². The van der Waals surface area contributed by atoms with E-state index < -0.39 is 0 Å². The number of hydrogen-bond donors (Lipinski definition) is 0. The summed E-state index contributed by atoms with van der Waals surface area (Å²) >= 11 is 0. The number of hydrogen-bond acceptors (Lipinski definition) is 2. The highest BCUT2D eigenvalue weighted by atomic mass is 16.2. The maximum atomic E-state index is 13.0. The second-order valence-electron chi connectivity index (χ2n) is 7.74. The molecule has 136 valence electrons. The zero-order chi connectivity index (χ0) is 18.1. The summed E-state index contributed by atoms with van der Waals surface area (Å²) in [7, 11) is 0. The fourth-order valence-corrected chi connectivity index (χ4v) is 4.11. The summed E-state index contributed by atoms with van der Waals surface area (Å²) in [5, 5.41) is 0. The summed E-state index contributed by atoms with van der Waals surface area (Å²) in [5.41, 5.74) is 4.64. The standard InChI is InChI=1S/C22H27N3O/c1-16-7-6-8-18(11-16)13-19-14-23-21-12-17(2)20(15-25(19)21)22(26)24-9-4-3-5-10-24/h6-8,11,14-15,17H,3-5,9-10,12-13H2,1-2H3. The van der Waals surface area contributed by atoms with Crippen LogP contribution < -0.4 is 0 Å². The van der Waals surface area contributed by atoms with Gasteiger partial charge in [0.1, 0.15) is 5.82 Å². The number of aromatic nitrogens is 2. The van der Waals surface area contributed by atoms with Crippen molar-refractivity contribution in [1.29, 1.82) is 0 Å². The van der Waals surface area contributed by atoms with Crippen molar-refractivity contribution >= 4 is 12.1 Å². The smallest absolute Gasteiger partial charge is 0.251 e. The summed E-state index contributed by atoms with van der Waals surface area (Å²) in [6, 6.07) is 8.59. The molecule has 1 fully saturated rings. The highest BCUT2D eigenvalue weighted by Gasteiger charge is 2.29. The van der Waals surface area contributed by atoms with Crippen LogP contribution in [0.5, 0.6) is 0 Å². The Bertz CT molecular complexity index is 843. The van der Waals surface area contributed by atoms with Crippen LogP contribution in [0, 0.1) is 12.8 Å². The molecule has 1 atom stereocenters. The fourth-order valence-electron chi connectivity index (χ4n) is 4.11. The summed E-state index contributed by atoms with van der Waals surface area (Å²) in [6.07, 6.45) is 9.19. The first kappa shape index (κ1) is 17.1. The summed E-state index contributed by atoms with van der Waals surface area (Å²) < 4.78 is 2.15. The van der Waals surface area contributed by atoms with Crippen LogP contribution in [0.1, 0.15) is 48.8 Å². The Morgan fingerprint density at radius 1 is 1.23 bits per heavy atom. The van der Waals surface area contributed by atoms with Gasteiger partial charge in [-0.15, -0.1) is 0 Å². The van der Waals surface area contributed by atoms with Gasteiger partial charge in [0.25, 0.3) is 5.91 Å². The molecule has 1 aromatic heterocycles. The Labute approximate surface area is 155 Å². The Morgan fingerprint density at radius 3 is 2.81 bits per heavy atom. The van der Waals surface area contributed by atoms with Crippen molar-refractivity contribution in [2.45, 2.75) is 46.0 Å². The number of likely N-dealkylation sites (tertiary alicyclic amines) is 1. The largest absolute Gasteiger partial charge is 0.339 e. The second-order valence-corrected chi connectivity index (χ2v) is 7.74. The first-order chi connectivity index (χ1) is 12.6. The van der Waals surface area contributed by atoms with Crippen molar-refractivity contribution in [3.05, 3.63) is 58.7 Å². The zero-order valence-corrected chi connectivity index (χ0v) is 15.7. The Morgan fingerprint density at radius 2 is 2.04 bits per heavy atom. The van der Waals surface area contributed by atoms with E-state index in [4.69, 9.17) is 0 Å². The monoisotopic (exact) mass is 349 g/mol. The third-order valence-electron chi connectivity index (χ3n) is 5.60. The minimum absolute atomic E-state index is 0.220. The molecule has 1 unspecified atom stereocenters. The number of carbonyl (C=O) groups is 1. The summed E-state index contributed by atoms with van der Waals surface area (Å²) in [4.78, 5) is 19.7. The van der Waals surface area contributed by atoms with Crippen LogP contribution in [0.25, 0.3) is 6.20 Å². The summed E-state index contributed by atoms with van der Waals surface area (Å²) in [6.45, 7) is 6.06. The van der Waals surface area contributed by atoms with Gasteiger partial charge in [0.2, 0.25) is 0 Å². The highest BCUT2D eigenvalue weighted by Crippen LogP contribution is 2.28. The predicted molar refractivity (Wildman–Crippen MR) is 104 cm³/mol. The van der Waals surface area contributed by atoms with E-state index >= 15 is 0 Å². The number of carbonyl (C=O) groups excluding carboxylic acids is 1. The van der Waals surface area contributed by atoms with Crippen LogP contribution in [0.2, 0.25) is 0 Å². The van der Waals surface area contributed by atoms with E-state index in [-0.39, 0.29) is 11.8 Å². The lowest BCUT2D eigenvalue weighted by Gasteiger charge is -2.31. The van der Waals surface area contributed by atoms with Crippen LogP contribution in [0.4, 0.5) is 0 Å². The Kier molecular flexibility index (Phi) is 4.66. The average Bonchev–Trinajstić information content (AvgIpc) is 3.03. The number of rotatable bonds is 3. The molecule has 2 aliphatic heterocycles. The molecule has 26 heavy (non-hydrogen) atoms. The predicted octanol–water partition coefficient (Wildman–Crippen LogP) is 3.83. The van der Waals surface area contributed by atoms with Crippen molar-refractivity contribution in [3.63, 3.8) is 0 Å². The van der Waals surface area contributed by atoms with Gasteiger partial charge in [-0.2, -0.15) is 0 Å². The molecule has 1 amide bonds. The Balaban J connectivity index is 1.62. The molecule has 0 radical (unpaired) electrons. The molecule has 4 nitrogen and oxygen atoms in total. The van der Waals surface area contributed by atoms with Gasteiger partial charge in [0, 0.05) is 49.6 Å². The average molecular weight is 349 g/mol. The van der Waals surface area contributed by atoms with Gasteiger partial charge in [-0.25, -0.2) is 4.98 Å². The molecule has 2 aromatic rings. The van der Waals surface area contributed by atoms with Crippen LogP contribution in [0.15, 0.2) is 36.0 Å². The molecular weight excluding hydrogens is 322 g/mol. The SMILES string of the molecule is Cc1cccc(Cc2cnc3n2C=C(C(=O)N2CCCCC2)C(C)C3)c1. The van der Waals surface area contributed by atoms with E-state index in [0.29, 0.717) is 0 Å². The van der Waals surface area contributed by atoms with Crippen LogP contribution >= 0.6 is 0 Å². The number of amides is 1. The second kappa shape index (κ2) is 7.10. The molecule has 0 saturated carbocycles. The number of imidazole rings is 1. The van der Waals surface area contributed by atoms with Gasteiger partial charge in [-0.05, 0) is 37.7 Å². The number of nitrogens with zero attached hydrogens (tertiary/aromatic N) is 3. The number of benzene rings is 1. The van der Waals surface area contributed by atoms with E-state index in [1.165, 1.54) is 17.5 Å². The van der Waals surface area contributed by atoms with Gasteiger partial charge in [0.15, 0.2) is 0 Å². The molecule has 4 rings (SSSR count). The molecule has 0 N–H and O–H groups in total. The van der Waals surface area contributed by atoms with E-state index in [2.05, 4.69) is 53.9 Å². The molecule has 1 aromatic carbocycles. The van der Waals surface area contributed by atoms with E-state index in [1.807, 2.05) is 11.1 Å².